The van der Waals surface area contributed by atoms with E-state index in [2.05, 4.69) is 17.1 Å². The van der Waals surface area contributed by atoms with E-state index >= 15 is 0 Å². The largest absolute Gasteiger partial charge is 0.337 e. The molecule has 0 radical (unpaired) electrons. The highest BCUT2D eigenvalue weighted by atomic mass is 32.1. The van der Waals surface area contributed by atoms with Gasteiger partial charge in [-0.1, -0.05) is 42.5 Å². The maximum atomic E-state index is 13.1. The minimum atomic E-state index is -0.254. The zero-order valence-corrected chi connectivity index (χ0v) is 16.2. The second kappa shape index (κ2) is 8.20. The fourth-order valence-electron chi connectivity index (χ4n) is 3.78. The van der Waals surface area contributed by atoms with Crippen LogP contribution in [-0.2, 0) is 6.42 Å². The third kappa shape index (κ3) is 3.98. The van der Waals surface area contributed by atoms with Gasteiger partial charge in [0.05, 0.1) is 11.2 Å². The number of hydrogen-bond donors (Lipinski definition) is 1. The minimum Gasteiger partial charge on any atom is -0.337 e. The molecule has 2 N–H and O–H groups in total. The Hall–Kier alpha value is -2.57. The van der Waals surface area contributed by atoms with Crippen LogP contribution in [0.5, 0.6) is 0 Å². The third-order valence-electron chi connectivity index (χ3n) is 5.29. The van der Waals surface area contributed by atoms with Crippen molar-refractivity contribution in [3.05, 3.63) is 87.6 Å². The number of aromatic nitrogens is 1. The number of carbonyl (C=O) groups is 1. The van der Waals surface area contributed by atoms with Crippen LogP contribution in [0, 0.1) is 11.7 Å². The number of amides is 1. The van der Waals surface area contributed by atoms with E-state index in [1.807, 2.05) is 23.1 Å². The molecule has 0 unspecified atom stereocenters. The monoisotopic (exact) mass is 395 g/mol. The van der Waals surface area contributed by atoms with Crippen LogP contribution in [0.2, 0.25) is 0 Å². The summed E-state index contributed by atoms with van der Waals surface area (Å²) in [6.45, 7) is 1.90. The van der Waals surface area contributed by atoms with Crippen LogP contribution in [0.15, 0.2) is 60.8 Å². The summed E-state index contributed by atoms with van der Waals surface area (Å²) in [5.74, 6) is 0.287. The first-order valence-electron chi connectivity index (χ1n) is 9.37. The summed E-state index contributed by atoms with van der Waals surface area (Å²) in [6, 6.07) is 16.6. The molecular weight excluding hydrogens is 373 g/mol. The Morgan fingerprint density at radius 2 is 1.89 bits per heavy atom. The summed E-state index contributed by atoms with van der Waals surface area (Å²) in [7, 11) is 0. The molecule has 1 fully saturated rings. The number of likely N-dealkylation sites (tertiary alicyclic amines) is 1. The van der Waals surface area contributed by atoms with Gasteiger partial charge in [0.2, 0.25) is 0 Å². The van der Waals surface area contributed by atoms with E-state index in [0.717, 1.165) is 10.6 Å². The van der Waals surface area contributed by atoms with Crippen LogP contribution >= 0.6 is 11.3 Å². The molecule has 2 heterocycles. The number of rotatable bonds is 5. The molecule has 1 saturated heterocycles. The Balaban J connectivity index is 1.46. The summed E-state index contributed by atoms with van der Waals surface area (Å²) in [5.41, 5.74) is 8.20. The number of thiazole rings is 1. The molecule has 6 heteroatoms. The average molecular weight is 396 g/mol. The fourth-order valence-corrected chi connectivity index (χ4v) is 4.70. The molecule has 0 saturated carbocycles. The van der Waals surface area contributed by atoms with Gasteiger partial charge in [0.15, 0.2) is 0 Å². The average Bonchev–Trinajstić information content (AvgIpc) is 3.37. The SMILES string of the molecule is NC[C@@H]1CN(C(=O)c2cnc(Cc3ccc(F)cc3)s2)C[C@H]1c1ccccc1. The number of nitrogens with zero attached hydrogens (tertiary/aromatic N) is 2. The highest BCUT2D eigenvalue weighted by Gasteiger charge is 2.36. The Morgan fingerprint density at radius 3 is 2.61 bits per heavy atom. The molecule has 28 heavy (non-hydrogen) atoms. The quantitative estimate of drug-likeness (QED) is 0.717. The van der Waals surface area contributed by atoms with E-state index in [0.29, 0.717) is 30.9 Å². The zero-order valence-electron chi connectivity index (χ0n) is 15.4. The van der Waals surface area contributed by atoms with Crippen molar-refractivity contribution >= 4 is 17.2 Å². The van der Waals surface area contributed by atoms with Crippen LogP contribution in [0.3, 0.4) is 0 Å². The first kappa shape index (κ1) is 18.8. The number of nitrogens with two attached hydrogens (primary N) is 1. The summed E-state index contributed by atoms with van der Waals surface area (Å²) in [6.07, 6.45) is 2.25. The van der Waals surface area contributed by atoms with Gasteiger partial charge in [-0.3, -0.25) is 4.79 Å². The van der Waals surface area contributed by atoms with Gasteiger partial charge in [-0.05, 0) is 35.7 Å². The van der Waals surface area contributed by atoms with Crippen molar-refractivity contribution in [1.82, 2.24) is 9.88 Å². The predicted octanol–water partition coefficient (Wildman–Crippen LogP) is 3.69. The van der Waals surface area contributed by atoms with Crippen LogP contribution in [0.25, 0.3) is 0 Å². The second-order valence-corrected chi connectivity index (χ2v) is 8.26. The highest BCUT2D eigenvalue weighted by Crippen LogP contribution is 2.33. The summed E-state index contributed by atoms with van der Waals surface area (Å²) >= 11 is 1.41. The summed E-state index contributed by atoms with van der Waals surface area (Å²) in [4.78, 5) is 19.9. The number of carbonyl (C=O) groups excluding carboxylic acids is 1. The van der Waals surface area contributed by atoms with Gasteiger partial charge >= 0.3 is 0 Å². The Kier molecular flexibility index (Phi) is 5.50. The van der Waals surface area contributed by atoms with Crippen molar-refractivity contribution in [2.24, 2.45) is 11.7 Å². The lowest BCUT2D eigenvalue weighted by Gasteiger charge is -2.16. The number of benzene rings is 2. The van der Waals surface area contributed by atoms with E-state index in [1.54, 1.807) is 18.3 Å². The van der Waals surface area contributed by atoms with Gasteiger partial charge in [-0.2, -0.15) is 0 Å². The minimum absolute atomic E-state index is 0.0136. The molecular formula is C22H22FN3OS. The molecule has 1 aliphatic rings. The lowest BCUT2D eigenvalue weighted by molar-refractivity contribution is 0.0791. The van der Waals surface area contributed by atoms with Gasteiger partial charge in [0, 0.05) is 25.4 Å². The van der Waals surface area contributed by atoms with E-state index in [9.17, 15) is 9.18 Å². The predicted molar refractivity (Wildman–Crippen MR) is 109 cm³/mol. The van der Waals surface area contributed by atoms with E-state index in [-0.39, 0.29) is 23.6 Å². The first-order valence-corrected chi connectivity index (χ1v) is 10.2. The van der Waals surface area contributed by atoms with Crippen molar-refractivity contribution in [1.29, 1.82) is 0 Å². The van der Waals surface area contributed by atoms with E-state index < -0.39 is 0 Å². The Bertz CT molecular complexity index is 942. The second-order valence-electron chi connectivity index (χ2n) is 7.14. The molecule has 2 atom stereocenters. The standard InChI is InChI=1S/C22H22FN3OS/c23-18-8-6-15(7-9-18)10-21-25-12-20(28-21)22(27)26-13-17(11-24)19(14-26)16-4-2-1-3-5-16/h1-9,12,17,19H,10-11,13-14,24H2/t17-,19+/m1/s1. The molecule has 0 spiro atoms. The molecule has 1 amide bonds. The van der Waals surface area contributed by atoms with E-state index in [1.165, 1.54) is 29.0 Å². The normalized spacial score (nSPS) is 19.1. The van der Waals surface area contributed by atoms with Crippen molar-refractivity contribution in [2.75, 3.05) is 19.6 Å². The lowest BCUT2D eigenvalue weighted by Crippen LogP contribution is -2.29. The molecule has 1 aliphatic heterocycles. The van der Waals surface area contributed by atoms with Gasteiger partial charge in [0.25, 0.3) is 5.91 Å². The van der Waals surface area contributed by atoms with Crippen molar-refractivity contribution in [3.63, 3.8) is 0 Å². The maximum absolute atomic E-state index is 13.1. The molecule has 144 valence electrons. The summed E-state index contributed by atoms with van der Waals surface area (Å²) < 4.78 is 13.1. The molecule has 4 nitrogen and oxygen atoms in total. The van der Waals surface area contributed by atoms with Gasteiger partial charge < -0.3 is 10.6 Å². The van der Waals surface area contributed by atoms with Gasteiger partial charge in [0.1, 0.15) is 10.7 Å². The lowest BCUT2D eigenvalue weighted by atomic mass is 9.89. The van der Waals surface area contributed by atoms with Crippen LogP contribution in [-0.4, -0.2) is 35.4 Å². The van der Waals surface area contributed by atoms with Crippen molar-refractivity contribution in [2.45, 2.75) is 12.3 Å². The first-order chi connectivity index (χ1) is 13.6. The molecule has 3 aromatic rings. The maximum Gasteiger partial charge on any atom is 0.265 e. The van der Waals surface area contributed by atoms with Crippen LogP contribution in [0.1, 0.15) is 31.7 Å². The topological polar surface area (TPSA) is 59.2 Å². The van der Waals surface area contributed by atoms with Crippen LogP contribution < -0.4 is 5.73 Å². The molecule has 1 aromatic heterocycles. The van der Waals surface area contributed by atoms with E-state index in [4.69, 9.17) is 5.73 Å². The Labute approximate surface area is 167 Å². The van der Waals surface area contributed by atoms with Gasteiger partial charge in [-0.25, -0.2) is 9.37 Å². The molecule has 0 bridgehead atoms. The fraction of sp³-hybridized carbons (Fsp3) is 0.273. The highest BCUT2D eigenvalue weighted by molar-refractivity contribution is 7.13. The van der Waals surface area contributed by atoms with Crippen LogP contribution in [0.4, 0.5) is 4.39 Å². The molecule has 4 rings (SSSR count). The van der Waals surface area contributed by atoms with Gasteiger partial charge in [-0.15, -0.1) is 11.3 Å². The molecule has 0 aliphatic carbocycles. The summed E-state index contributed by atoms with van der Waals surface area (Å²) in [5, 5.41) is 0.851. The zero-order chi connectivity index (χ0) is 19.5. The van der Waals surface area contributed by atoms with Crippen molar-refractivity contribution < 1.29 is 9.18 Å². The number of hydrogen-bond acceptors (Lipinski definition) is 4. The third-order valence-corrected chi connectivity index (χ3v) is 6.28. The number of halogens is 1. The Morgan fingerprint density at radius 1 is 1.14 bits per heavy atom. The van der Waals surface area contributed by atoms with Crippen molar-refractivity contribution in [3.8, 4) is 0 Å². The molecule has 2 aromatic carbocycles. The smallest absolute Gasteiger partial charge is 0.265 e.